The topological polar surface area (TPSA) is 88.5 Å². The molecule has 6 heteroatoms. The third kappa shape index (κ3) is 4.21. The van der Waals surface area contributed by atoms with Gasteiger partial charge in [0.25, 0.3) is 0 Å². The summed E-state index contributed by atoms with van der Waals surface area (Å²) in [4.78, 5) is 26.8. The molecule has 0 bridgehead atoms. The third-order valence-corrected chi connectivity index (χ3v) is 4.55. The molecule has 0 unspecified atom stereocenters. The number of nitrogens with one attached hydrogen (secondary N) is 1. The van der Waals surface area contributed by atoms with Gasteiger partial charge in [0.15, 0.2) is 0 Å². The van der Waals surface area contributed by atoms with Crippen molar-refractivity contribution in [2.24, 2.45) is 11.8 Å². The van der Waals surface area contributed by atoms with Crippen LogP contribution in [0.15, 0.2) is 18.3 Å². The van der Waals surface area contributed by atoms with E-state index in [1.165, 1.54) is 19.3 Å². The van der Waals surface area contributed by atoms with E-state index in [1.54, 1.807) is 6.20 Å². The van der Waals surface area contributed by atoms with E-state index in [-0.39, 0.29) is 17.9 Å². The number of nitrogens with zero attached hydrogens (tertiary/aromatic N) is 1. The zero-order chi connectivity index (χ0) is 16.2. The lowest BCUT2D eigenvalue weighted by Gasteiger charge is -2.22. The summed E-state index contributed by atoms with van der Waals surface area (Å²) in [6, 6.07) is 3.71. The predicted molar refractivity (Wildman–Crippen MR) is 82.8 cm³/mol. The average molecular weight is 318 g/mol. The minimum absolute atomic E-state index is 0.195. The van der Waals surface area contributed by atoms with Crippen LogP contribution in [-0.2, 0) is 16.1 Å². The van der Waals surface area contributed by atoms with Gasteiger partial charge in [0, 0.05) is 18.8 Å². The molecule has 6 nitrogen and oxygen atoms in total. The van der Waals surface area contributed by atoms with Crippen molar-refractivity contribution in [1.29, 1.82) is 0 Å². The maximum atomic E-state index is 11.8. The van der Waals surface area contributed by atoms with Crippen LogP contribution in [0.1, 0.15) is 44.1 Å². The highest BCUT2D eigenvalue weighted by atomic mass is 16.5. The van der Waals surface area contributed by atoms with Gasteiger partial charge in [-0.05, 0) is 37.7 Å². The Morgan fingerprint density at radius 2 is 2.00 bits per heavy atom. The van der Waals surface area contributed by atoms with Crippen molar-refractivity contribution in [2.45, 2.75) is 51.2 Å². The number of hydrogen-bond acceptors (Lipinski definition) is 4. The summed E-state index contributed by atoms with van der Waals surface area (Å²) in [6.45, 7) is 0.360. The number of ether oxygens (including phenoxy) is 1. The van der Waals surface area contributed by atoms with Gasteiger partial charge in [-0.15, -0.1) is 0 Å². The summed E-state index contributed by atoms with van der Waals surface area (Å²) in [6.07, 6.45) is 8.30. The number of carboxylic acids is 1. The van der Waals surface area contributed by atoms with Gasteiger partial charge in [0.1, 0.15) is 6.10 Å². The van der Waals surface area contributed by atoms with Gasteiger partial charge >= 0.3 is 5.97 Å². The monoisotopic (exact) mass is 318 g/mol. The number of carbonyl (C=O) groups excluding carboxylic acids is 1. The van der Waals surface area contributed by atoms with Crippen molar-refractivity contribution >= 4 is 11.9 Å². The van der Waals surface area contributed by atoms with Crippen LogP contribution >= 0.6 is 0 Å². The van der Waals surface area contributed by atoms with E-state index in [0.717, 1.165) is 18.4 Å². The molecule has 1 aromatic heterocycles. The molecule has 2 atom stereocenters. The van der Waals surface area contributed by atoms with Crippen LogP contribution in [0.2, 0.25) is 0 Å². The molecule has 2 N–H and O–H groups in total. The molecule has 0 spiro atoms. The summed E-state index contributed by atoms with van der Waals surface area (Å²) >= 11 is 0. The van der Waals surface area contributed by atoms with Gasteiger partial charge in [-0.3, -0.25) is 9.59 Å². The van der Waals surface area contributed by atoms with Gasteiger partial charge in [-0.1, -0.05) is 12.5 Å². The van der Waals surface area contributed by atoms with Gasteiger partial charge in [-0.25, -0.2) is 4.98 Å². The Morgan fingerprint density at radius 1 is 1.22 bits per heavy atom. The summed E-state index contributed by atoms with van der Waals surface area (Å²) < 4.78 is 5.86. The zero-order valence-corrected chi connectivity index (χ0v) is 13.0. The number of hydrogen-bond donors (Lipinski definition) is 2. The SMILES string of the molecule is O=C(O)[C@@H]1C[C@H]1C(=O)NCc1ccc(OC2CCCCC2)nc1. The van der Waals surface area contributed by atoms with Crippen molar-refractivity contribution < 1.29 is 19.4 Å². The van der Waals surface area contributed by atoms with Crippen LogP contribution in [0.25, 0.3) is 0 Å². The number of amides is 1. The van der Waals surface area contributed by atoms with E-state index in [1.807, 2.05) is 12.1 Å². The second kappa shape index (κ2) is 6.98. The Kier molecular flexibility index (Phi) is 4.79. The first-order valence-electron chi connectivity index (χ1n) is 8.25. The number of rotatable bonds is 6. The first-order chi connectivity index (χ1) is 11.1. The van der Waals surface area contributed by atoms with Crippen molar-refractivity contribution in [2.75, 3.05) is 0 Å². The van der Waals surface area contributed by atoms with Gasteiger partial charge in [-0.2, -0.15) is 0 Å². The molecule has 0 aliphatic heterocycles. The Morgan fingerprint density at radius 3 is 2.61 bits per heavy atom. The quantitative estimate of drug-likeness (QED) is 0.839. The molecule has 3 rings (SSSR count). The number of carboxylic acid groups (broad SMARTS) is 1. The van der Waals surface area contributed by atoms with E-state index in [0.29, 0.717) is 18.8 Å². The van der Waals surface area contributed by atoms with E-state index >= 15 is 0 Å². The smallest absolute Gasteiger partial charge is 0.307 e. The molecular weight excluding hydrogens is 296 g/mol. The van der Waals surface area contributed by atoms with E-state index in [2.05, 4.69) is 10.3 Å². The number of carbonyl (C=O) groups is 2. The third-order valence-electron chi connectivity index (χ3n) is 4.55. The highest BCUT2D eigenvalue weighted by molar-refractivity contribution is 5.89. The van der Waals surface area contributed by atoms with E-state index in [9.17, 15) is 9.59 Å². The molecule has 1 amide bonds. The Labute approximate surface area is 135 Å². The lowest BCUT2D eigenvalue weighted by atomic mass is 9.98. The van der Waals surface area contributed by atoms with Crippen LogP contribution in [0, 0.1) is 11.8 Å². The molecule has 23 heavy (non-hydrogen) atoms. The molecule has 0 saturated heterocycles. The van der Waals surface area contributed by atoms with Gasteiger partial charge in [0.05, 0.1) is 11.8 Å². The standard InChI is InChI=1S/C17H22N2O4/c20-16(13-8-14(13)17(21)22)19-10-11-6-7-15(18-9-11)23-12-4-2-1-3-5-12/h6-7,9,12-14H,1-5,8,10H2,(H,19,20)(H,21,22)/t13-,14-/m1/s1. The molecule has 1 aromatic rings. The minimum Gasteiger partial charge on any atom is -0.481 e. The van der Waals surface area contributed by atoms with Crippen molar-refractivity contribution in [1.82, 2.24) is 10.3 Å². The Bertz CT molecular complexity index is 566. The fourth-order valence-electron chi connectivity index (χ4n) is 3.02. The Balaban J connectivity index is 1.44. The normalized spacial score (nSPS) is 24.0. The summed E-state index contributed by atoms with van der Waals surface area (Å²) in [5.41, 5.74) is 0.877. The largest absolute Gasteiger partial charge is 0.481 e. The molecule has 2 saturated carbocycles. The number of aromatic nitrogens is 1. The van der Waals surface area contributed by atoms with Crippen LogP contribution in [-0.4, -0.2) is 28.1 Å². The molecule has 2 aliphatic carbocycles. The van der Waals surface area contributed by atoms with Gasteiger partial charge < -0.3 is 15.2 Å². The average Bonchev–Trinajstić information content (AvgIpc) is 3.36. The Hall–Kier alpha value is -2.11. The maximum Gasteiger partial charge on any atom is 0.307 e. The number of pyridine rings is 1. The van der Waals surface area contributed by atoms with Crippen molar-refractivity contribution in [3.8, 4) is 5.88 Å². The van der Waals surface area contributed by atoms with Crippen LogP contribution in [0.3, 0.4) is 0 Å². The van der Waals surface area contributed by atoms with E-state index < -0.39 is 11.9 Å². The lowest BCUT2D eigenvalue weighted by molar-refractivity contribution is -0.140. The predicted octanol–water partition coefficient (Wildman–Crippen LogP) is 2.13. The molecule has 0 aromatic carbocycles. The van der Waals surface area contributed by atoms with E-state index in [4.69, 9.17) is 9.84 Å². The molecule has 2 aliphatic rings. The molecule has 1 heterocycles. The van der Waals surface area contributed by atoms with Gasteiger partial charge in [0.2, 0.25) is 11.8 Å². The first-order valence-corrected chi connectivity index (χ1v) is 8.25. The fraction of sp³-hybridized carbons (Fsp3) is 0.588. The fourth-order valence-corrected chi connectivity index (χ4v) is 3.02. The summed E-state index contributed by atoms with van der Waals surface area (Å²) in [5.74, 6) is -1.36. The molecule has 124 valence electrons. The van der Waals surface area contributed by atoms with Crippen molar-refractivity contribution in [3.05, 3.63) is 23.9 Å². The number of aliphatic carboxylic acids is 1. The van der Waals surface area contributed by atoms with Crippen LogP contribution < -0.4 is 10.1 Å². The minimum atomic E-state index is -0.893. The maximum absolute atomic E-state index is 11.8. The molecule has 0 radical (unpaired) electrons. The molecule has 2 fully saturated rings. The first kappa shape index (κ1) is 15.8. The summed E-state index contributed by atoms with van der Waals surface area (Å²) in [5, 5.41) is 11.6. The second-order valence-electron chi connectivity index (χ2n) is 6.39. The highest BCUT2D eigenvalue weighted by Gasteiger charge is 2.48. The highest BCUT2D eigenvalue weighted by Crippen LogP contribution is 2.38. The second-order valence-corrected chi connectivity index (χ2v) is 6.39. The van der Waals surface area contributed by atoms with Crippen molar-refractivity contribution in [3.63, 3.8) is 0 Å². The van der Waals surface area contributed by atoms with Crippen LogP contribution in [0.4, 0.5) is 0 Å². The lowest BCUT2D eigenvalue weighted by Crippen LogP contribution is -2.26. The zero-order valence-electron chi connectivity index (χ0n) is 13.0. The summed E-state index contributed by atoms with van der Waals surface area (Å²) in [7, 11) is 0. The van der Waals surface area contributed by atoms with Crippen LogP contribution in [0.5, 0.6) is 5.88 Å². The molecular formula is C17H22N2O4.